The van der Waals surface area contributed by atoms with E-state index in [0.717, 1.165) is 18.4 Å². The highest BCUT2D eigenvalue weighted by Crippen LogP contribution is 2.47. The topological polar surface area (TPSA) is 66.8 Å². The number of rotatable bonds is 6. The number of Topliss-reactive ketones (excluding diaryl/α,β-unsaturated/α-hetero) is 1. The molecule has 2 aromatic rings. The third-order valence-electron chi connectivity index (χ3n) is 6.01. The monoisotopic (exact) mass is 406 g/mol. The molecule has 2 aromatic carbocycles. The van der Waals surface area contributed by atoms with Gasteiger partial charge in [-0.15, -0.1) is 0 Å². The molecule has 0 radical (unpaired) electrons. The van der Waals surface area contributed by atoms with E-state index in [1.54, 1.807) is 0 Å². The first-order chi connectivity index (χ1) is 14.3. The quantitative estimate of drug-likeness (QED) is 0.455. The molecule has 0 heterocycles. The summed E-state index contributed by atoms with van der Waals surface area (Å²) in [5.74, 6) is -0.860. The van der Waals surface area contributed by atoms with Crippen LogP contribution in [0.4, 0.5) is 0 Å². The molecular formula is C26H30O4. The van der Waals surface area contributed by atoms with Crippen LogP contribution < -0.4 is 4.74 Å². The number of hydrogen-bond donors (Lipinski definition) is 2. The lowest BCUT2D eigenvalue weighted by atomic mass is 9.65. The second-order valence-corrected chi connectivity index (χ2v) is 8.26. The predicted molar refractivity (Wildman–Crippen MR) is 119 cm³/mol. The summed E-state index contributed by atoms with van der Waals surface area (Å²) in [6.07, 6.45) is 5.86. The van der Waals surface area contributed by atoms with Crippen molar-refractivity contribution in [2.24, 2.45) is 11.8 Å². The number of ether oxygens (including phenoxy) is 1. The third kappa shape index (κ3) is 4.43. The van der Waals surface area contributed by atoms with Crippen molar-refractivity contribution < 1.29 is 19.7 Å². The largest absolute Gasteiger partial charge is 0.507 e. The standard InChI is InChI=1S/C26H30O4/c1-16(2)10-12-20-17(3)11-13-21(18-8-6-5-7-9-18)24(20)26(29)25-22(27)14-19(30-4)15-23(25)28/h5-11,14-15,20-21,24,27-28H,12-13H2,1-4H3/t20-,21+,24+/m0/s1. The Hall–Kier alpha value is -3.01. The van der Waals surface area contributed by atoms with E-state index in [-0.39, 0.29) is 34.7 Å². The van der Waals surface area contributed by atoms with E-state index in [1.165, 1.54) is 30.4 Å². The first-order valence-electron chi connectivity index (χ1n) is 10.3. The summed E-state index contributed by atoms with van der Waals surface area (Å²) >= 11 is 0. The van der Waals surface area contributed by atoms with Crippen molar-refractivity contribution >= 4 is 5.78 Å². The van der Waals surface area contributed by atoms with Gasteiger partial charge in [0.05, 0.1) is 7.11 Å². The van der Waals surface area contributed by atoms with Crippen LogP contribution in [0.1, 0.15) is 55.5 Å². The molecule has 4 nitrogen and oxygen atoms in total. The number of benzene rings is 2. The van der Waals surface area contributed by atoms with E-state index in [2.05, 4.69) is 32.9 Å². The minimum Gasteiger partial charge on any atom is -0.507 e. The Morgan fingerprint density at radius 1 is 1.13 bits per heavy atom. The van der Waals surface area contributed by atoms with Crippen LogP contribution in [-0.4, -0.2) is 23.1 Å². The van der Waals surface area contributed by atoms with Crippen LogP contribution >= 0.6 is 0 Å². The van der Waals surface area contributed by atoms with Crippen LogP contribution in [0, 0.1) is 11.8 Å². The van der Waals surface area contributed by atoms with E-state index in [9.17, 15) is 15.0 Å². The maximum atomic E-state index is 13.8. The van der Waals surface area contributed by atoms with Gasteiger partial charge < -0.3 is 14.9 Å². The van der Waals surface area contributed by atoms with E-state index in [0.29, 0.717) is 5.75 Å². The summed E-state index contributed by atoms with van der Waals surface area (Å²) in [5, 5.41) is 21.1. The Balaban J connectivity index is 2.11. The van der Waals surface area contributed by atoms with Crippen molar-refractivity contribution in [3.63, 3.8) is 0 Å². The molecule has 1 aliphatic rings. The molecule has 4 heteroatoms. The zero-order valence-corrected chi connectivity index (χ0v) is 18.1. The van der Waals surface area contributed by atoms with Crippen molar-refractivity contribution in [1.29, 1.82) is 0 Å². The second-order valence-electron chi connectivity index (χ2n) is 8.26. The third-order valence-corrected chi connectivity index (χ3v) is 6.01. The SMILES string of the molecule is COc1cc(O)c(C(=O)[C@H]2[C@@H](c3ccccc3)CC=C(C)[C@@H]2CC=C(C)C)c(O)c1. The summed E-state index contributed by atoms with van der Waals surface area (Å²) in [5.41, 5.74) is 3.43. The van der Waals surface area contributed by atoms with Gasteiger partial charge in [-0.2, -0.15) is 0 Å². The smallest absolute Gasteiger partial charge is 0.174 e. The van der Waals surface area contributed by atoms with Crippen LogP contribution in [0.15, 0.2) is 65.8 Å². The predicted octanol–water partition coefficient (Wildman–Crippen LogP) is 6.01. The first kappa shape index (κ1) is 21.7. The summed E-state index contributed by atoms with van der Waals surface area (Å²) in [6.45, 7) is 6.17. The molecule has 0 aliphatic heterocycles. The van der Waals surface area contributed by atoms with Gasteiger partial charge in [0.25, 0.3) is 0 Å². The number of hydrogen-bond acceptors (Lipinski definition) is 4. The van der Waals surface area contributed by atoms with Crippen molar-refractivity contribution in [2.75, 3.05) is 7.11 Å². The molecule has 0 spiro atoms. The maximum absolute atomic E-state index is 13.8. The number of phenols is 2. The number of aromatic hydroxyl groups is 2. The van der Waals surface area contributed by atoms with E-state index < -0.39 is 5.92 Å². The van der Waals surface area contributed by atoms with Crippen molar-refractivity contribution in [3.8, 4) is 17.2 Å². The molecule has 0 saturated carbocycles. The fourth-order valence-electron chi connectivity index (χ4n) is 4.40. The fourth-order valence-corrected chi connectivity index (χ4v) is 4.40. The Kier molecular flexibility index (Phi) is 6.66. The Morgan fingerprint density at radius 3 is 2.33 bits per heavy atom. The van der Waals surface area contributed by atoms with E-state index >= 15 is 0 Å². The summed E-state index contributed by atoms with van der Waals surface area (Å²) in [4.78, 5) is 13.8. The second kappa shape index (κ2) is 9.21. The number of carbonyl (C=O) groups excluding carboxylic acids is 1. The van der Waals surface area contributed by atoms with Gasteiger partial charge in [0.15, 0.2) is 5.78 Å². The lowest BCUT2D eigenvalue weighted by molar-refractivity contribution is 0.0844. The average Bonchev–Trinajstić information content (AvgIpc) is 2.72. The number of carbonyl (C=O) groups is 1. The van der Waals surface area contributed by atoms with Crippen LogP contribution in [0.3, 0.4) is 0 Å². The summed E-state index contributed by atoms with van der Waals surface area (Å²) < 4.78 is 5.10. The van der Waals surface area contributed by atoms with Gasteiger partial charge in [0, 0.05) is 18.1 Å². The Bertz CT molecular complexity index is 945. The molecule has 3 atom stereocenters. The van der Waals surface area contributed by atoms with Crippen molar-refractivity contribution in [3.05, 3.63) is 76.9 Å². The molecule has 0 saturated heterocycles. The lowest BCUT2D eigenvalue weighted by Crippen LogP contribution is -2.33. The minimum atomic E-state index is -0.391. The normalized spacial score (nSPS) is 20.9. The van der Waals surface area contributed by atoms with E-state index in [1.807, 2.05) is 30.3 Å². The highest BCUT2D eigenvalue weighted by atomic mass is 16.5. The molecule has 0 aromatic heterocycles. The Morgan fingerprint density at radius 2 is 1.77 bits per heavy atom. The molecule has 158 valence electrons. The molecule has 30 heavy (non-hydrogen) atoms. The molecular weight excluding hydrogens is 376 g/mol. The minimum absolute atomic E-state index is 0.00717. The van der Waals surface area contributed by atoms with Gasteiger partial charge in [0.2, 0.25) is 0 Å². The number of allylic oxidation sites excluding steroid dienone is 4. The molecule has 1 aliphatic carbocycles. The number of methoxy groups -OCH3 is 1. The first-order valence-corrected chi connectivity index (χ1v) is 10.3. The van der Waals surface area contributed by atoms with Gasteiger partial charge in [-0.25, -0.2) is 0 Å². The highest BCUT2D eigenvalue weighted by molar-refractivity contribution is 6.03. The van der Waals surface area contributed by atoms with Crippen LogP contribution in [0.25, 0.3) is 0 Å². The summed E-state index contributed by atoms with van der Waals surface area (Å²) in [7, 11) is 1.45. The summed E-state index contributed by atoms with van der Waals surface area (Å²) in [6, 6.07) is 12.8. The van der Waals surface area contributed by atoms with Gasteiger partial charge >= 0.3 is 0 Å². The van der Waals surface area contributed by atoms with E-state index in [4.69, 9.17) is 4.74 Å². The van der Waals surface area contributed by atoms with Gasteiger partial charge in [-0.3, -0.25) is 4.79 Å². The number of ketones is 1. The molecule has 0 unspecified atom stereocenters. The van der Waals surface area contributed by atoms with Crippen molar-refractivity contribution in [2.45, 2.75) is 39.5 Å². The fraction of sp³-hybridized carbons (Fsp3) is 0.346. The number of phenolic OH excluding ortho intramolecular Hbond substituents is 2. The van der Waals surface area contributed by atoms with Gasteiger partial charge in [-0.1, -0.05) is 53.6 Å². The molecule has 3 rings (SSSR count). The highest BCUT2D eigenvalue weighted by Gasteiger charge is 2.40. The van der Waals surface area contributed by atoms with Gasteiger partial charge in [0.1, 0.15) is 22.8 Å². The van der Waals surface area contributed by atoms with Crippen LogP contribution in [-0.2, 0) is 0 Å². The van der Waals surface area contributed by atoms with Crippen LogP contribution in [0.2, 0.25) is 0 Å². The van der Waals surface area contributed by atoms with Crippen LogP contribution in [0.5, 0.6) is 17.2 Å². The zero-order chi connectivity index (χ0) is 21.8. The Labute approximate surface area is 178 Å². The lowest BCUT2D eigenvalue weighted by Gasteiger charge is -2.37. The van der Waals surface area contributed by atoms with Gasteiger partial charge in [-0.05, 0) is 51.0 Å². The van der Waals surface area contributed by atoms with Crippen molar-refractivity contribution in [1.82, 2.24) is 0 Å². The average molecular weight is 407 g/mol. The molecule has 2 N–H and O–H groups in total. The molecule has 0 fully saturated rings. The maximum Gasteiger partial charge on any atom is 0.174 e. The zero-order valence-electron chi connectivity index (χ0n) is 18.1. The molecule has 0 amide bonds. The molecule has 0 bridgehead atoms.